The maximum Gasteiger partial charge on any atom is 0.157 e. The summed E-state index contributed by atoms with van der Waals surface area (Å²) in [7, 11) is 0. The first-order chi connectivity index (χ1) is 8.63. The van der Waals surface area contributed by atoms with Gasteiger partial charge in [-0.25, -0.2) is 4.21 Å². The molecule has 0 aliphatic rings. The molecule has 2 aromatic carbocycles. The molecule has 0 bridgehead atoms. The Morgan fingerprint density at radius 1 is 1.11 bits per heavy atom. The summed E-state index contributed by atoms with van der Waals surface area (Å²) in [4.78, 5) is 0. The fourth-order valence-electron chi connectivity index (χ4n) is 2.03. The van der Waals surface area contributed by atoms with Gasteiger partial charge >= 0.3 is 0 Å². The van der Waals surface area contributed by atoms with E-state index >= 15 is 0 Å². The van der Waals surface area contributed by atoms with E-state index in [1.54, 1.807) is 12.1 Å². The predicted octanol–water partition coefficient (Wildman–Crippen LogP) is 3.96. The molecule has 0 aliphatic heterocycles. The number of rotatable bonds is 2. The van der Waals surface area contributed by atoms with Crippen molar-refractivity contribution >= 4 is 44.6 Å². The van der Waals surface area contributed by atoms with Crippen LogP contribution in [0.5, 0.6) is 0 Å². The van der Waals surface area contributed by atoms with Crippen LogP contribution in [0.1, 0.15) is 5.56 Å². The summed E-state index contributed by atoms with van der Waals surface area (Å²) < 4.78 is 25.4. The van der Waals surface area contributed by atoms with Crippen molar-refractivity contribution in [1.29, 1.82) is 0 Å². The minimum atomic E-state index is -1.84. The van der Waals surface area contributed by atoms with Crippen LogP contribution in [-0.2, 0) is 16.8 Å². The van der Waals surface area contributed by atoms with Crippen molar-refractivity contribution in [1.82, 2.24) is 0 Å². The van der Waals surface area contributed by atoms with Crippen LogP contribution >= 0.6 is 11.6 Å². The van der Waals surface area contributed by atoms with Gasteiger partial charge < -0.3 is 8.97 Å². The third kappa shape index (κ3) is 2.03. The van der Waals surface area contributed by atoms with Gasteiger partial charge in [0.25, 0.3) is 0 Å². The number of hydrogen-bond acceptors (Lipinski definition) is 2. The first-order valence-corrected chi connectivity index (χ1v) is 6.97. The Balaban J connectivity index is 2.27. The van der Waals surface area contributed by atoms with Gasteiger partial charge in [-0.15, -0.1) is 0 Å². The van der Waals surface area contributed by atoms with Gasteiger partial charge in [0.1, 0.15) is 11.2 Å². The lowest BCUT2D eigenvalue weighted by Gasteiger charge is -1.97. The maximum absolute atomic E-state index is 10.8. The van der Waals surface area contributed by atoms with E-state index in [2.05, 4.69) is 0 Å². The predicted molar refractivity (Wildman–Crippen MR) is 73.2 cm³/mol. The van der Waals surface area contributed by atoms with E-state index in [1.165, 1.54) is 0 Å². The van der Waals surface area contributed by atoms with Crippen molar-refractivity contribution in [3.8, 4) is 0 Å². The Labute approximate surface area is 111 Å². The lowest BCUT2D eigenvalue weighted by atomic mass is 10.1. The highest BCUT2D eigenvalue weighted by Crippen LogP contribution is 2.31. The third-order valence-corrected chi connectivity index (χ3v) is 3.60. The van der Waals surface area contributed by atoms with Crippen LogP contribution in [0, 0.1) is 0 Å². The molecule has 0 radical (unpaired) electrons. The van der Waals surface area contributed by atoms with Crippen LogP contribution < -0.4 is 0 Å². The first kappa shape index (κ1) is 11.7. The average molecular weight is 281 g/mol. The molecule has 3 aromatic rings. The van der Waals surface area contributed by atoms with E-state index in [4.69, 9.17) is 20.6 Å². The van der Waals surface area contributed by atoms with Crippen molar-refractivity contribution in [2.24, 2.45) is 0 Å². The largest absolute Gasteiger partial charge is 0.456 e. The van der Waals surface area contributed by atoms with Gasteiger partial charge in [-0.3, -0.25) is 0 Å². The van der Waals surface area contributed by atoms with Crippen molar-refractivity contribution < 1.29 is 13.2 Å². The molecular weight excluding hydrogens is 272 g/mol. The van der Waals surface area contributed by atoms with E-state index in [-0.39, 0.29) is 5.75 Å². The molecule has 0 saturated heterocycles. The smallest absolute Gasteiger partial charge is 0.157 e. The molecule has 1 atom stereocenters. The molecular formula is C13H9ClO3S. The lowest BCUT2D eigenvalue weighted by molar-refractivity contribution is 0.563. The molecule has 0 aliphatic carbocycles. The summed E-state index contributed by atoms with van der Waals surface area (Å²) in [5, 5.41) is 2.47. The van der Waals surface area contributed by atoms with Crippen LogP contribution in [0.3, 0.4) is 0 Å². The molecule has 1 aromatic heterocycles. The van der Waals surface area contributed by atoms with Crippen molar-refractivity contribution in [3.63, 3.8) is 0 Å². The molecule has 3 nitrogen and oxygen atoms in total. The second-order valence-electron chi connectivity index (χ2n) is 4.04. The molecule has 0 spiro atoms. The molecule has 92 valence electrons. The molecule has 0 amide bonds. The standard InChI is InChI=1S/C13H9ClO3S/c14-9-2-4-13-11(6-9)10-5-8(7-18(15)16)1-3-12(10)17-13/h1-6H,7H2,(H,15,16). The van der Waals surface area contributed by atoms with Gasteiger partial charge in [0.05, 0.1) is 5.75 Å². The number of hydrogen-bond donors (Lipinski definition) is 1. The fourth-order valence-corrected chi connectivity index (χ4v) is 2.67. The molecule has 1 N–H and O–H groups in total. The Morgan fingerprint density at radius 3 is 2.50 bits per heavy atom. The monoisotopic (exact) mass is 280 g/mol. The van der Waals surface area contributed by atoms with Crippen LogP contribution in [0.4, 0.5) is 0 Å². The first-order valence-electron chi connectivity index (χ1n) is 5.31. The minimum absolute atomic E-state index is 0.114. The number of benzene rings is 2. The Morgan fingerprint density at radius 2 is 1.78 bits per heavy atom. The van der Waals surface area contributed by atoms with Crippen LogP contribution in [0.2, 0.25) is 5.02 Å². The molecule has 0 fully saturated rings. The highest BCUT2D eigenvalue weighted by Gasteiger charge is 2.08. The van der Waals surface area contributed by atoms with Gasteiger partial charge in [-0.2, -0.15) is 0 Å². The number of halogens is 1. The SMILES string of the molecule is O=S(O)Cc1ccc2oc3ccc(Cl)cc3c2c1. The second-order valence-corrected chi connectivity index (χ2v) is 5.41. The maximum atomic E-state index is 10.8. The van der Waals surface area contributed by atoms with E-state index in [1.807, 2.05) is 24.3 Å². The highest BCUT2D eigenvalue weighted by atomic mass is 35.5. The van der Waals surface area contributed by atoms with Gasteiger partial charge in [0.2, 0.25) is 0 Å². The van der Waals surface area contributed by atoms with Crippen LogP contribution in [0.15, 0.2) is 40.8 Å². The van der Waals surface area contributed by atoms with E-state index < -0.39 is 11.1 Å². The Bertz CT molecular complexity index is 763. The van der Waals surface area contributed by atoms with Crippen LogP contribution in [0.25, 0.3) is 21.9 Å². The van der Waals surface area contributed by atoms with Crippen LogP contribution in [-0.4, -0.2) is 8.76 Å². The number of furan rings is 1. The van der Waals surface area contributed by atoms with E-state index in [9.17, 15) is 4.21 Å². The third-order valence-electron chi connectivity index (χ3n) is 2.79. The topological polar surface area (TPSA) is 50.4 Å². The summed E-state index contributed by atoms with van der Waals surface area (Å²) in [6.45, 7) is 0. The van der Waals surface area contributed by atoms with Crippen molar-refractivity contribution in [3.05, 3.63) is 47.0 Å². The van der Waals surface area contributed by atoms with Crippen molar-refractivity contribution in [2.75, 3.05) is 0 Å². The van der Waals surface area contributed by atoms with E-state index in [0.717, 1.165) is 27.5 Å². The van der Waals surface area contributed by atoms with Gasteiger partial charge in [0, 0.05) is 15.8 Å². The lowest BCUT2D eigenvalue weighted by Crippen LogP contribution is -1.91. The molecule has 5 heteroatoms. The summed E-state index contributed by atoms with van der Waals surface area (Å²) in [6.07, 6.45) is 0. The highest BCUT2D eigenvalue weighted by molar-refractivity contribution is 7.78. The van der Waals surface area contributed by atoms with Gasteiger partial charge in [0.15, 0.2) is 11.1 Å². The normalized spacial score (nSPS) is 13.2. The molecule has 18 heavy (non-hydrogen) atoms. The minimum Gasteiger partial charge on any atom is -0.456 e. The molecule has 1 heterocycles. The van der Waals surface area contributed by atoms with Crippen molar-refractivity contribution in [2.45, 2.75) is 5.75 Å². The second kappa shape index (κ2) is 4.39. The molecule has 3 rings (SSSR count). The van der Waals surface area contributed by atoms with Gasteiger partial charge in [-0.1, -0.05) is 17.7 Å². The average Bonchev–Trinajstić information content (AvgIpc) is 2.66. The molecule has 1 unspecified atom stereocenters. The fraction of sp³-hybridized carbons (Fsp3) is 0.0769. The number of fused-ring (bicyclic) bond motifs is 3. The Kier molecular flexibility index (Phi) is 2.86. The van der Waals surface area contributed by atoms with Gasteiger partial charge in [-0.05, 0) is 35.9 Å². The summed E-state index contributed by atoms with van der Waals surface area (Å²) in [5.41, 5.74) is 2.31. The zero-order valence-electron chi connectivity index (χ0n) is 9.22. The summed E-state index contributed by atoms with van der Waals surface area (Å²) in [6, 6.07) is 10.9. The Hall–Kier alpha value is -1.36. The molecule has 0 saturated carbocycles. The summed E-state index contributed by atoms with van der Waals surface area (Å²) in [5.74, 6) is 0.114. The zero-order chi connectivity index (χ0) is 12.7. The quantitative estimate of drug-likeness (QED) is 0.723. The summed E-state index contributed by atoms with van der Waals surface area (Å²) >= 11 is 4.13. The van der Waals surface area contributed by atoms with E-state index in [0.29, 0.717) is 5.02 Å². The zero-order valence-corrected chi connectivity index (χ0v) is 10.8.